The average Bonchev–Trinajstić information content (AvgIpc) is 2.28. The molecule has 0 spiro atoms. The number of benzene rings is 1. The van der Waals surface area contributed by atoms with Gasteiger partial charge in [0.1, 0.15) is 12.2 Å². The van der Waals surface area contributed by atoms with Crippen molar-refractivity contribution in [3.05, 3.63) is 34.9 Å². The standard InChI is InChI=1S/C10H14ClNO4S/c1-7(16-17(14,15)12-2)10(13)8-5-3-4-6-9(8)11/h3-7,10,12-13H,1-2H3/t7-,10+/m0/s1. The van der Waals surface area contributed by atoms with Crippen LogP contribution in [0.4, 0.5) is 0 Å². The molecule has 0 heterocycles. The third kappa shape index (κ3) is 3.93. The largest absolute Gasteiger partial charge is 0.386 e. The van der Waals surface area contributed by atoms with Crippen LogP contribution in [0.5, 0.6) is 0 Å². The van der Waals surface area contributed by atoms with E-state index in [1.54, 1.807) is 24.3 Å². The normalized spacial score (nSPS) is 15.5. The minimum atomic E-state index is -3.84. The van der Waals surface area contributed by atoms with Gasteiger partial charge in [-0.25, -0.2) is 0 Å². The van der Waals surface area contributed by atoms with Gasteiger partial charge in [-0.05, 0) is 13.0 Å². The van der Waals surface area contributed by atoms with Crippen molar-refractivity contribution in [3.63, 3.8) is 0 Å². The first-order chi connectivity index (χ1) is 7.87. The summed E-state index contributed by atoms with van der Waals surface area (Å²) in [6, 6.07) is 6.64. The molecule has 5 nitrogen and oxygen atoms in total. The minimum Gasteiger partial charge on any atom is -0.386 e. The summed E-state index contributed by atoms with van der Waals surface area (Å²) < 4.78 is 29.0. The van der Waals surface area contributed by atoms with Gasteiger partial charge in [-0.3, -0.25) is 4.18 Å². The summed E-state index contributed by atoms with van der Waals surface area (Å²) in [7, 11) is -2.61. The molecule has 0 aliphatic rings. The monoisotopic (exact) mass is 279 g/mol. The summed E-state index contributed by atoms with van der Waals surface area (Å²) >= 11 is 5.89. The Hall–Kier alpha value is -0.660. The Balaban J connectivity index is 2.84. The molecular formula is C10H14ClNO4S. The fraction of sp³-hybridized carbons (Fsp3) is 0.400. The highest BCUT2D eigenvalue weighted by Gasteiger charge is 2.24. The molecule has 2 N–H and O–H groups in total. The van der Waals surface area contributed by atoms with Crippen LogP contribution in [0.1, 0.15) is 18.6 Å². The highest BCUT2D eigenvalue weighted by Crippen LogP contribution is 2.26. The van der Waals surface area contributed by atoms with Gasteiger partial charge >= 0.3 is 10.3 Å². The van der Waals surface area contributed by atoms with Crippen molar-refractivity contribution in [3.8, 4) is 0 Å². The Morgan fingerprint density at radius 2 is 2.00 bits per heavy atom. The predicted molar refractivity (Wildman–Crippen MR) is 64.9 cm³/mol. The van der Waals surface area contributed by atoms with Crippen LogP contribution >= 0.6 is 11.6 Å². The van der Waals surface area contributed by atoms with Gasteiger partial charge in [0.2, 0.25) is 0 Å². The van der Waals surface area contributed by atoms with E-state index in [0.717, 1.165) is 0 Å². The summed E-state index contributed by atoms with van der Waals surface area (Å²) in [5, 5.41) is 10.3. The second kappa shape index (κ2) is 5.79. The highest BCUT2D eigenvalue weighted by molar-refractivity contribution is 7.84. The third-order valence-electron chi connectivity index (χ3n) is 2.20. The van der Waals surface area contributed by atoms with E-state index in [0.29, 0.717) is 10.6 Å². The second-order valence-corrected chi connectivity index (χ2v) is 5.34. The Kier molecular flexibility index (Phi) is 4.91. The van der Waals surface area contributed by atoms with Crippen LogP contribution in [0.2, 0.25) is 5.02 Å². The maximum Gasteiger partial charge on any atom is 0.335 e. The predicted octanol–water partition coefficient (Wildman–Crippen LogP) is 1.24. The SMILES string of the molecule is CNS(=O)(=O)O[C@@H](C)[C@@H](O)c1ccccc1Cl. The van der Waals surface area contributed by atoms with Crippen LogP contribution in [0.3, 0.4) is 0 Å². The first-order valence-corrected chi connectivity index (χ1v) is 6.70. The zero-order chi connectivity index (χ0) is 13.1. The molecule has 0 fully saturated rings. The van der Waals surface area contributed by atoms with Gasteiger partial charge in [-0.15, -0.1) is 0 Å². The molecule has 0 saturated heterocycles. The number of hydrogen-bond acceptors (Lipinski definition) is 4. The molecule has 1 aromatic rings. The lowest BCUT2D eigenvalue weighted by atomic mass is 10.1. The van der Waals surface area contributed by atoms with Gasteiger partial charge in [0.25, 0.3) is 0 Å². The van der Waals surface area contributed by atoms with Crippen molar-refractivity contribution in [1.29, 1.82) is 0 Å². The summed E-state index contributed by atoms with van der Waals surface area (Å²) in [6.07, 6.45) is -2.06. The topological polar surface area (TPSA) is 75.6 Å². The highest BCUT2D eigenvalue weighted by atomic mass is 35.5. The fourth-order valence-corrected chi connectivity index (χ4v) is 2.12. The fourth-order valence-electron chi connectivity index (χ4n) is 1.27. The van der Waals surface area contributed by atoms with Crippen molar-refractivity contribution in [2.45, 2.75) is 19.1 Å². The molecule has 0 aliphatic heterocycles. The molecule has 1 rings (SSSR count). The van der Waals surface area contributed by atoms with Gasteiger partial charge in [-0.1, -0.05) is 29.8 Å². The Bertz CT molecular complexity index is 477. The van der Waals surface area contributed by atoms with Gasteiger partial charge in [0.15, 0.2) is 0 Å². The van der Waals surface area contributed by atoms with E-state index in [1.807, 2.05) is 4.72 Å². The zero-order valence-electron chi connectivity index (χ0n) is 9.42. The Morgan fingerprint density at radius 3 is 2.53 bits per heavy atom. The van der Waals surface area contributed by atoms with Gasteiger partial charge in [0, 0.05) is 17.6 Å². The minimum absolute atomic E-state index is 0.359. The number of halogens is 1. The molecule has 0 aromatic heterocycles. The van der Waals surface area contributed by atoms with Crippen molar-refractivity contribution < 1.29 is 17.7 Å². The molecule has 0 saturated carbocycles. The van der Waals surface area contributed by atoms with E-state index in [2.05, 4.69) is 0 Å². The van der Waals surface area contributed by atoms with Crippen LogP contribution in [-0.4, -0.2) is 26.7 Å². The van der Waals surface area contributed by atoms with Crippen molar-refractivity contribution in [2.75, 3.05) is 7.05 Å². The van der Waals surface area contributed by atoms with Gasteiger partial charge in [0.05, 0.1) is 0 Å². The van der Waals surface area contributed by atoms with Crippen LogP contribution in [0.25, 0.3) is 0 Å². The van der Waals surface area contributed by atoms with Gasteiger partial charge < -0.3 is 5.11 Å². The van der Waals surface area contributed by atoms with Crippen molar-refractivity contribution in [2.24, 2.45) is 0 Å². The van der Waals surface area contributed by atoms with E-state index in [-0.39, 0.29) is 0 Å². The number of aliphatic hydroxyl groups excluding tert-OH is 1. The van der Waals surface area contributed by atoms with E-state index in [9.17, 15) is 13.5 Å². The lowest BCUT2D eigenvalue weighted by molar-refractivity contribution is 0.0500. The quantitative estimate of drug-likeness (QED) is 0.850. The van der Waals surface area contributed by atoms with Crippen LogP contribution in [-0.2, 0) is 14.5 Å². The molecular weight excluding hydrogens is 266 g/mol. The summed E-state index contributed by atoms with van der Waals surface area (Å²) in [5.74, 6) is 0. The molecule has 0 amide bonds. The molecule has 96 valence electrons. The van der Waals surface area contributed by atoms with Crippen LogP contribution in [0.15, 0.2) is 24.3 Å². The van der Waals surface area contributed by atoms with E-state index < -0.39 is 22.5 Å². The molecule has 2 atom stereocenters. The number of nitrogens with one attached hydrogen (secondary N) is 1. The molecule has 17 heavy (non-hydrogen) atoms. The average molecular weight is 280 g/mol. The number of rotatable bonds is 5. The maximum atomic E-state index is 11.2. The first-order valence-electron chi connectivity index (χ1n) is 4.91. The first kappa shape index (κ1) is 14.4. The van der Waals surface area contributed by atoms with Crippen LogP contribution < -0.4 is 4.72 Å². The van der Waals surface area contributed by atoms with Crippen LogP contribution in [0, 0.1) is 0 Å². The van der Waals surface area contributed by atoms with Crippen molar-refractivity contribution >= 4 is 21.9 Å². The Labute approximate surface area is 106 Å². The van der Waals surface area contributed by atoms with E-state index >= 15 is 0 Å². The number of hydrogen-bond donors (Lipinski definition) is 2. The maximum absolute atomic E-state index is 11.2. The third-order valence-corrected chi connectivity index (χ3v) is 3.60. The lowest BCUT2D eigenvalue weighted by Crippen LogP contribution is -2.29. The summed E-state index contributed by atoms with van der Waals surface area (Å²) in [6.45, 7) is 1.45. The smallest absolute Gasteiger partial charge is 0.335 e. The number of aliphatic hydroxyl groups is 1. The Morgan fingerprint density at radius 1 is 1.41 bits per heavy atom. The molecule has 0 unspecified atom stereocenters. The van der Waals surface area contributed by atoms with Gasteiger partial charge in [-0.2, -0.15) is 13.1 Å². The second-order valence-electron chi connectivity index (χ2n) is 3.43. The van der Waals surface area contributed by atoms with E-state index in [4.69, 9.17) is 15.8 Å². The molecule has 0 bridgehead atoms. The molecule has 7 heteroatoms. The lowest BCUT2D eigenvalue weighted by Gasteiger charge is -2.19. The van der Waals surface area contributed by atoms with Crippen molar-refractivity contribution in [1.82, 2.24) is 4.72 Å². The molecule has 1 aromatic carbocycles. The zero-order valence-corrected chi connectivity index (χ0v) is 11.0. The molecule has 0 aliphatic carbocycles. The summed E-state index contributed by atoms with van der Waals surface area (Å²) in [5.41, 5.74) is 0.424. The molecule has 0 radical (unpaired) electrons. The van der Waals surface area contributed by atoms with E-state index in [1.165, 1.54) is 14.0 Å². The summed E-state index contributed by atoms with van der Waals surface area (Å²) in [4.78, 5) is 0.